The zero-order chi connectivity index (χ0) is 12.9. The van der Waals surface area contributed by atoms with Gasteiger partial charge in [-0.25, -0.2) is 18.7 Å². The molecule has 18 heavy (non-hydrogen) atoms. The van der Waals surface area contributed by atoms with Crippen LogP contribution in [0.4, 0.5) is 4.39 Å². The van der Waals surface area contributed by atoms with Crippen LogP contribution in [0.2, 0.25) is 0 Å². The van der Waals surface area contributed by atoms with Gasteiger partial charge in [-0.15, -0.1) is 0 Å². The van der Waals surface area contributed by atoms with E-state index in [1.165, 1.54) is 22.2 Å². The first-order valence-electron chi connectivity index (χ1n) is 5.26. The number of halogens is 1. The molecule has 3 rings (SSSR count). The van der Waals surface area contributed by atoms with E-state index in [-0.39, 0.29) is 11.2 Å². The number of hydrogen-bond donors (Lipinski definition) is 0. The summed E-state index contributed by atoms with van der Waals surface area (Å²) in [6, 6.07) is 4.59. The van der Waals surface area contributed by atoms with Crippen molar-refractivity contribution < 1.29 is 4.39 Å². The molecule has 0 unspecified atom stereocenters. The van der Waals surface area contributed by atoms with Crippen LogP contribution in [0, 0.1) is 12.7 Å². The largest absolute Gasteiger partial charge is 0.335 e. The molecule has 0 atom stereocenters. The van der Waals surface area contributed by atoms with Gasteiger partial charge in [0, 0.05) is 18.6 Å². The topological polar surface area (TPSA) is 52.7 Å². The smallest absolute Gasteiger partial charge is 0.292 e. The summed E-state index contributed by atoms with van der Waals surface area (Å²) in [5.74, 6) is 0.169. The Morgan fingerprint density at radius 3 is 2.83 bits per heavy atom. The lowest BCUT2D eigenvalue weighted by molar-refractivity contribution is 0.630. The molecule has 2 aromatic heterocycles. The third-order valence-electron chi connectivity index (χ3n) is 2.73. The number of aromatic nitrogens is 4. The van der Waals surface area contributed by atoms with Crippen LogP contribution in [-0.4, -0.2) is 18.5 Å². The highest BCUT2D eigenvalue weighted by atomic mass is 32.1. The SMILES string of the molecule is Cc1nsc(-n2c(=O)n(C)c3c(F)cccc32)n1. The first-order valence-corrected chi connectivity index (χ1v) is 6.03. The predicted octanol–water partition coefficient (Wildman–Crippen LogP) is 1.63. The van der Waals surface area contributed by atoms with Gasteiger partial charge in [-0.1, -0.05) is 6.07 Å². The zero-order valence-electron chi connectivity index (χ0n) is 9.72. The molecule has 0 bridgehead atoms. The van der Waals surface area contributed by atoms with Crippen molar-refractivity contribution in [2.45, 2.75) is 6.92 Å². The van der Waals surface area contributed by atoms with E-state index >= 15 is 0 Å². The number of para-hydroxylation sites is 1. The second-order valence-corrected chi connectivity index (χ2v) is 4.64. The molecule has 0 amide bonds. The van der Waals surface area contributed by atoms with Gasteiger partial charge in [0.1, 0.15) is 17.2 Å². The second kappa shape index (κ2) is 3.74. The number of aryl methyl sites for hydroxylation is 2. The Bertz CT molecular complexity index is 801. The molecule has 0 aliphatic heterocycles. The summed E-state index contributed by atoms with van der Waals surface area (Å²) in [5.41, 5.74) is 0.445. The lowest BCUT2D eigenvalue weighted by Crippen LogP contribution is -2.20. The van der Waals surface area contributed by atoms with Gasteiger partial charge in [-0.2, -0.15) is 4.37 Å². The standard InChI is InChI=1S/C11H9FN4OS/c1-6-13-10(18-14-6)16-8-5-3-4-7(12)9(8)15(2)11(16)17/h3-5H,1-2H3. The molecule has 0 saturated heterocycles. The number of imidazole rings is 1. The van der Waals surface area contributed by atoms with Gasteiger partial charge < -0.3 is 0 Å². The molecular weight excluding hydrogens is 255 g/mol. The van der Waals surface area contributed by atoms with Crippen LogP contribution in [0.1, 0.15) is 5.82 Å². The Hall–Kier alpha value is -2.02. The maximum absolute atomic E-state index is 13.8. The second-order valence-electron chi connectivity index (χ2n) is 3.91. The van der Waals surface area contributed by atoms with Gasteiger partial charge >= 0.3 is 5.69 Å². The van der Waals surface area contributed by atoms with Crippen molar-refractivity contribution in [1.29, 1.82) is 0 Å². The third kappa shape index (κ3) is 1.40. The number of rotatable bonds is 1. The molecule has 0 radical (unpaired) electrons. The molecule has 7 heteroatoms. The minimum atomic E-state index is -0.424. The Morgan fingerprint density at radius 2 is 2.17 bits per heavy atom. The van der Waals surface area contributed by atoms with E-state index in [9.17, 15) is 9.18 Å². The summed E-state index contributed by atoms with van der Waals surface area (Å²) >= 11 is 1.12. The molecule has 0 spiro atoms. The minimum absolute atomic E-state index is 0.273. The van der Waals surface area contributed by atoms with E-state index < -0.39 is 5.82 Å². The van der Waals surface area contributed by atoms with E-state index in [2.05, 4.69) is 9.36 Å². The van der Waals surface area contributed by atoms with Crippen LogP contribution in [-0.2, 0) is 7.05 Å². The van der Waals surface area contributed by atoms with Gasteiger partial charge in [0.2, 0.25) is 5.13 Å². The first-order chi connectivity index (χ1) is 8.59. The van der Waals surface area contributed by atoms with Crippen LogP contribution in [0.3, 0.4) is 0 Å². The van der Waals surface area contributed by atoms with Gasteiger partial charge in [-0.3, -0.25) is 4.57 Å². The summed E-state index contributed by atoms with van der Waals surface area (Å²) in [6.07, 6.45) is 0. The van der Waals surface area contributed by atoms with Crippen molar-refractivity contribution in [2.24, 2.45) is 7.05 Å². The molecule has 3 aromatic rings. The van der Waals surface area contributed by atoms with Crippen molar-refractivity contribution in [3.63, 3.8) is 0 Å². The first kappa shape index (κ1) is 11.1. The number of fused-ring (bicyclic) bond motifs is 1. The minimum Gasteiger partial charge on any atom is -0.292 e. The van der Waals surface area contributed by atoms with Crippen LogP contribution in [0.5, 0.6) is 0 Å². The molecule has 0 fully saturated rings. The van der Waals surface area contributed by atoms with Crippen molar-refractivity contribution in [2.75, 3.05) is 0 Å². The normalized spacial score (nSPS) is 11.3. The Kier molecular flexibility index (Phi) is 2.30. The van der Waals surface area contributed by atoms with E-state index in [1.807, 2.05) is 0 Å². The van der Waals surface area contributed by atoms with Crippen LogP contribution < -0.4 is 5.69 Å². The highest BCUT2D eigenvalue weighted by Crippen LogP contribution is 2.20. The van der Waals surface area contributed by atoms with E-state index in [4.69, 9.17) is 0 Å². The molecule has 0 saturated carbocycles. The summed E-state index contributed by atoms with van der Waals surface area (Å²) in [6.45, 7) is 1.75. The summed E-state index contributed by atoms with van der Waals surface area (Å²) in [5, 5.41) is 0.453. The Balaban J connectivity index is 2.47. The van der Waals surface area contributed by atoms with E-state index in [1.54, 1.807) is 19.1 Å². The summed E-state index contributed by atoms with van der Waals surface area (Å²) in [7, 11) is 1.54. The van der Waals surface area contributed by atoms with Crippen LogP contribution in [0.25, 0.3) is 16.2 Å². The van der Waals surface area contributed by atoms with Gasteiger partial charge in [0.15, 0.2) is 0 Å². The summed E-state index contributed by atoms with van der Waals surface area (Å²) in [4.78, 5) is 16.3. The lowest BCUT2D eigenvalue weighted by atomic mass is 10.3. The lowest BCUT2D eigenvalue weighted by Gasteiger charge is -1.96. The van der Waals surface area contributed by atoms with Crippen LogP contribution in [0.15, 0.2) is 23.0 Å². The van der Waals surface area contributed by atoms with Crippen molar-refractivity contribution in [3.8, 4) is 5.13 Å². The average Bonchev–Trinajstić information content (AvgIpc) is 2.84. The van der Waals surface area contributed by atoms with E-state index in [0.29, 0.717) is 16.5 Å². The third-order valence-corrected chi connectivity index (χ3v) is 3.52. The fraction of sp³-hybridized carbons (Fsp3) is 0.182. The van der Waals surface area contributed by atoms with Crippen molar-refractivity contribution in [3.05, 3.63) is 40.3 Å². The average molecular weight is 264 g/mol. The molecule has 2 heterocycles. The number of benzene rings is 1. The quantitative estimate of drug-likeness (QED) is 0.671. The molecular formula is C11H9FN4OS. The maximum Gasteiger partial charge on any atom is 0.335 e. The molecule has 0 aliphatic carbocycles. The fourth-order valence-corrected chi connectivity index (χ4v) is 2.61. The summed E-state index contributed by atoms with van der Waals surface area (Å²) < 4.78 is 20.5. The van der Waals surface area contributed by atoms with E-state index in [0.717, 1.165) is 11.5 Å². The maximum atomic E-state index is 13.8. The highest BCUT2D eigenvalue weighted by Gasteiger charge is 2.17. The van der Waals surface area contributed by atoms with Gasteiger partial charge in [0.25, 0.3) is 0 Å². The Morgan fingerprint density at radius 1 is 1.39 bits per heavy atom. The molecule has 0 N–H and O–H groups in total. The van der Waals surface area contributed by atoms with Gasteiger partial charge in [0.05, 0.1) is 5.52 Å². The molecule has 5 nitrogen and oxygen atoms in total. The molecule has 0 aliphatic rings. The number of hydrogen-bond acceptors (Lipinski definition) is 4. The number of nitrogens with zero attached hydrogens (tertiary/aromatic N) is 4. The highest BCUT2D eigenvalue weighted by molar-refractivity contribution is 7.08. The zero-order valence-corrected chi connectivity index (χ0v) is 10.5. The fourth-order valence-electron chi connectivity index (χ4n) is 1.93. The van der Waals surface area contributed by atoms with Crippen molar-refractivity contribution in [1.82, 2.24) is 18.5 Å². The van der Waals surface area contributed by atoms with Crippen LogP contribution >= 0.6 is 11.5 Å². The van der Waals surface area contributed by atoms with Crippen molar-refractivity contribution >= 4 is 22.6 Å². The molecule has 92 valence electrons. The predicted molar refractivity (Wildman–Crippen MR) is 66.7 cm³/mol. The monoisotopic (exact) mass is 264 g/mol. The Labute approximate surface area is 105 Å². The van der Waals surface area contributed by atoms with Gasteiger partial charge in [-0.05, 0) is 19.1 Å². The molecule has 1 aromatic carbocycles.